The summed E-state index contributed by atoms with van der Waals surface area (Å²) < 4.78 is 32.6. The Balaban J connectivity index is 1.79. The maximum atomic E-state index is 13.8. The number of thioether (sulfide) groups is 1. The molecule has 0 spiro atoms. The number of aryl methyl sites for hydroxylation is 1. The van der Waals surface area contributed by atoms with E-state index in [1.165, 1.54) is 30.0 Å². The number of para-hydroxylation sites is 1. The molecule has 2 aromatic carbocycles. The summed E-state index contributed by atoms with van der Waals surface area (Å²) in [5, 5.41) is 0.509. The highest BCUT2D eigenvalue weighted by atomic mass is 32.2. The number of halogens is 2. The van der Waals surface area contributed by atoms with Crippen molar-refractivity contribution in [3.05, 3.63) is 77.5 Å². The van der Waals surface area contributed by atoms with Crippen LogP contribution in [0.15, 0.2) is 59.8 Å². The molecule has 0 saturated carbocycles. The van der Waals surface area contributed by atoms with Gasteiger partial charge in [0.2, 0.25) is 5.88 Å². The highest BCUT2D eigenvalue weighted by molar-refractivity contribution is 7.98. The average molecular weight is 358 g/mol. The van der Waals surface area contributed by atoms with E-state index in [4.69, 9.17) is 4.74 Å². The first-order valence-corrected chi connectivity index (χ1v) is 8.80. The van der Waals surface area contributed by atoms with Gasteiger partial charge in [-0.05, 0) is 36.2 Å². The molecule has 3 nitrogen and oxygen atoms in total. The van der Waals surface area contributed by atoms with Gasteiger partial charge in [0.15, 0.2) is 16.7 Å². The van der Waals surface area contributed by atoms with Crippen LogP contribution in [0.4, 0.5) is 8.78 Å². The number of hydrogen-bond acceptors (Lipinski definition) is 4. The second-order valence-corrected chi connectivity index (χ2v) is 6.23. The fraction of sp³-hybridized carbons (Fsp3) is 0.158. The Kier molecular flexibility index (Phi) is 5.60. The molecule has 0 atom stereocenters. The Morgan fingerprint density at radius 2 is 1.84 bits per heavy atom. The van der Waals surface area contributed by atoms with Crippen LogP contribution in [0.3, 0.4) is 0 Å². The lowest BCUT2D eigenvalue weighted by Crippen LogP contribution is -1.98. The van der Waals surface area contributed by atoms with E-state index in [-0.39, 0.29) is 11.6 Å². The van der Waals surface area contributed by atoms with E-state index in [1.807, 2.05) is 13.0 Å². The van der Waals surface area contributed by atoms with E-state index >= 15 is 0 Å². The molecular formula is C19H16F2N2OS. The third-order valence-corrected chi connectivity index (χ3v) is 4.32. The number of aromatic nitrogens is 2. The number of rotatable bonds is 6. The molecule has 0 N–H and O–H groups in total. The van der Waals surface area contributed by atoms with Gasteiger partial charge in [-0.25, -0.2) is 13.8 Å². The van der Waals surface area contributed by atoms with E-state index in [0.29, 0.717) is 23.2 Å². The first-order chi connectivity index (χ1) is 12.1. The molecule has 0 fully saturated rings. The van der Waals surface area contributed by atoms with Crippen LogP contribution in [-0.2, 0) is 12.2 Å². The zero-order chi connectivity index (χ0) is 17.6. The maximum absolute atomic E-state index is 13.8. The second-order valence-electron chi connectivity index (χ2n) is 5.28. The van der Waals surface area contributed by atoms with Crippen LogP contribution < -0.4 is 4.74 Å². The molecular weight excluding hydrogens is 342 g/mol. The van der Waals surface area contributed by atoms with Crippen LogP contribution in [0.2, 0.25) is 0 Å². The van der Waals surface area contributed by atoms with Crippen LogP contribution in [0.25, 0.3) is 0 Å². The molecule has 0 aliphatic heterocycles. The molecule has 0 bridgehead atoms. The van der Waals surface area contributed by atoms with Crippen molar-refractivity contribution >= 4 is 11.8 Å². The second kappa shape index (κ2) is 8.07. The third kappa shape index (κ3) is 4.76. The Labute approximate surface area is 149 Å². The van der Waals surface area contributed by atoms with Crippen molar-refractivity contribution in [1.29, 1.82) is 0 Å². The van der Waals surface area contributed by atoms with E-state index < -0.39 is 5.82 Å². The summed E-state index contributed by atoms with van der Waals surface area (Å²) in [5.74, 6) is 0.213. The summed E-state index contributed by atoms with van der Waals surface area (Å²) in [6, 6.07) is 14.3. The largest absolute Gasteiger partial charge is 0.436 e. The standard InChI is InChI=1S/C19H16F2N2OS/c1-2-15-11-18(24-17-9-4-3-8-16(17)21)23-19(22-15)25-12-13-6-5-7-14(20)10-13/h3-11H,2,12H2,1H3. The summed E-state index contributed by atoms with van der Waals surface area (Å²) in [6.45, 7) is 1.97. The summed E-state index contributed by atoms with van der Waals surface area (Å²) in [4.78, 5) is 8.76. The summed E-state index contributed by atoms with van der Waals surface area (Å²) in [6.07, 6.45) is 0.698. The van der Waals surface area contributed by atoms with Gasteiger partial charge in [0, 0.05) is 17.5 Å². The van der Waals surface area contributed by atoms with Crippen molar-refractivity contribution in [1.82, 2.24) is 9.97 Å². The van der Waals surface area contributed by atoms with E-state index in [0.717, 1.165) is 11.3 Å². The summed E-state index contributed by atoms with van der Waals surface area (Å²) in [5.41, 5.74) is 1.63. The predicted octanol–water partition coefficient (Wildman–Crippen LogP) is 5.40. The number of benzene rings is 2. The van der Waals surface area contributed by atoms with Crippen molar-refractivity contribution < 1.29 is 13.5 Å². The van der Waals surface area contributed by atoms with Gasteiger partial charge >= 0.3 is 0 Å². The molecule has 0 unspecified atom stereocenters. The highest BCUT2D eigenvalue weighted by Crippen LogP contribution is 2.27. The van der Waals surface area contributed by atoms with Crippen LogP contribution in [0, 0.1) is 11.6 Å². The molecule has 1 heterocycles. The van der Waals surface area contributed by atoms with Crippen LogP contribution in [0.5, 0.6) is 11.6 Å². The average Bonchev–Trinajstić information content (AvgIpc) is 2.62. The van der Waals surface area contributed by atoms with Crippen LogP contribution in [0.1, 0.15) is 18.2 Å². The van der Waals surface area contributed by atoms with Gasteiger partial charge in [0.05, 0.1) is 0 Å². The molecule has 1 aromatic heterocycles. The molecule has 3 aromatic rings. The lowest BCUT2D eigenvalue weighted by Gasteiger charge is -2.09. The molecule has 3 rings (SSSR count). The smallest absolute Gasteiger partial charge is 0.223 e. The summed E-state index contributed by atoms with van der Waals surface area (Å²) in [7, 11) is 0. The van der Waals surface area contributed by atoms with Gasteiger partial charge in [-0.2, -0.15) is 4.98 Å². The molecule has 6 heteroatoms. The normalized spacial score (nSPS) is 10.7. The molecule has 0 amide bonds. The highest BCUT2D eigenvalue weighted by Gasteiger charge is 2.09. The molecule has 25 heavy (non-hydrogen) atoms. The molecule has 128 valence electrons. The number of nitrogens with zero attached hydrogens (tertiary/aromatic N) is 2. The molecule has 0 radical (unpaired) electrons. The minimum absolute atomic E-state index is 0.115. The van der Waals surface area contributed by atoms with Gasteiger partial charge in [-0.15, -0.1) is 0 Å². The Morgan fingerprint density at radius 3 is 2.60 bits per heavy atom. The van der Waals surface area contributed by atoms with E-state index in [9.17, 15) is 8.78 Å². The Morgan fingerprint density at radius 1 is 1.00 bits per heavy atom. The van der Waals surface area contributed by atoms with E-state index in [2.05, 4.69) is 9.97 Å². The topological polar surface area (TPSA) is 35.0 Å². The minimum atomic E-state index is -0.451. The Hall–Kier alpha value is -2.47. The van der Waals surface area contributed by atoms with Crippen molar-refractivity contribution in [2.45, 2.75) is 24.3 Å². The van der Waals surface area contributed by atoms with Gasteiger partial charge in [0.1, 0.15) is 5.82 Å². The lowest BCUT2D eigenvalue weighted by molar-refractivity contribution is 0.421. The predicted molar refractivity (Wildman–Crippen MR) is 93.8 cm³/mol. The fourth-order valence-electron chi connectivity index (χ4n) is 2.16. The van der Waals surface area contributed by atoms with E-state index in [1.54, 1.807) is 30.3 Å². The van der Waals surface area contributed by atoms with Crippen molar-refractivity contribution in [2.75, 3.05) is 0 Å². The number of hydrogen-bond donors (Lipinski definition) is 0. The lowest BCUT2D eigenvalue weighted by atomic mass is 10.2. The van der Waals surface area contributed by atoms with Crippen molar-refractivity contribution in [3.8, 4) is 11.6 Å². The van der Waals surface area contributed by atoms with Crippen molar-refractivity contribution in [2.24, 2.45) is 0 Å². The molecule has 0 aliphatic rings. The van der Waals surface area contributed by atoms with Crippen molar-refractivity contribution in [3.63, 3.8) is 0 Å². The SMILES string of the molecule is CCc1cc(Oc2ccccc2F)nc(SCc2cccc(F)c2)n1. The van der Waals surface area contributed by atoms with Gasteiger partial charge in [-0.3, -0.25) is 0 Å². The van der Waals surface area contributed by atoms with Gasteiger partial charge < -0.3 is 4.74 Å². The van der Waals surface area contributed by atoms with Crippen LogP contribution in [-0.4, -0.2) is 9.97 Å². The van der Waals surface area contributed by atoms with Crippen LogP contribution >= 0.6 is 11.8 Å². The zero-order valence-corrected chi connectivity index (χ0v) is 14.4. The summed E-state index contributed by atoms with van der Waals surface area (Å²) >= 11 is 1.38. The van der Waals surface area contributed by atoms with Gasteiger partial charge in [-0.1, -0.05) is 43.0 Å². The van der Waals surface area contributed by atoms with Gasteiger partial charge in [0.25, 0.3) is 0 Å². The third-order valence-electron chi connectivity index (χ3n) is 3.41. The molecule has 0 saturated heterocycles. The first kappa shape index (κ1) is 17.4. The minimum Gasteiger partial charge on any atom is -0.436 e. The first-order valence-electron chi connectivity index (χ1n) is 7.81. The monoisotopic (exact) mass is 358 g/mol. The number of ether oxygens (including phenoxy) is 1. The zero-order valence-electron chi connectivity index (χ0n) is 13.6. The fourth-order valence-corrected chi connectivity index (χ4v) is 2.97. The maximum Gasteiger partial charge on any atom is 0.223 e. The Bertz CT molecular complexity index is 874. The quantitative estimate of drug-likeness (QED) is 0.436. The molecule has 0 aliphatic carbocycles.